The lowest BCUT2D eigenvalue weighted by Crippen LogP contribution is -2.13. The van der Waals surface area contributed by atoms with Crippen LogP contribution in [0.25, 0.3) is 0 Å². The lowest BCUT2D eigenvalue weighted by atomic mass is 10.0. The molecule has 2 rings (SSSR count). The van der Waals surface area contributed by atoms with Crippen molar-refractivity contribution in [1.82, 2.24) is 0 Å². The molecule has 2 nitrogen and oxygen atoms in total. The first-order chi connectivity index (χ1) is 7.04. The summed E-state index contributed by atoms with van der Waals surface area (Å²) in [5, 5.41) is 9.68. The minimum atomic E-state index is -0.814. The fraction of sp³-hybridized carbons (Fsp3) is 0.455. The van der Waals surface area contributed by atoms with E-state index in [2.05, 4.69) is 0 Å². The van der Waals surface area contributed by atoms with E-state index in [9.17, 15) is 13.9 Å². The van der Waals surface area contributed by atoms with Gasteiger partial charge in [-0.15, -0.1) is 0 Å². The first-order valence-corrected chi connectivity index (χ1v) is 4.78. The van der Waals surface area contributed by atoms with Crippen LogP contribution < -0.4 is 4.74 Å². The largest absolute Gasteiger partial charge is 0.496 e. The van der Waals surface area contributed by atoms with Crippen LogP contribution in [-0.4, -0.2) is 17.8 Å². The zero-order valence-electron chi connectivity index (χ0n) is 8.39. The van der Waals surface area contributed by atoms with Crippen LogP contribution in [0.5, 0.6) is 5.75 Å². The SMILES string of the molecule is COc1cc(F)cc(F)c1CC1(O)CC1. The van der Waals surface area contributed by atoms with E-state index in [1.54, 1.807) is 0 Å². The van der Waals surface area contributed by atoms with Gasteiger partial charge in [0.2, 0.25) is 0 Å². The molecule has 1 aromatic rings. The van der Waals surface area contributed by atoms with Gasteiger partial charge < -0.3 is 9.84 Å². The molecule has 1 aliphatic rings. The van der Waals surface area contributed by atoms with Crippen LogP contribution in [0.2, 0.25) is 0 Å². The Hall–Kier alpha value is -1.16. The molecule has 4 heteroatoms. The Kier molecular flexibility index (Phi) is 2.38. The number of hydrogen-bond donors (Lipinski definition) is 1. The molecular formula is C11H12F2O2. The predicted octanol–water partition coefficient (Wildman–Crippen LogP) is 2.04. The number of halogens is 2. The molecule has 1 aromatic carbocycles. The minimum absolute atomic E-state index is 0.160. The van der Waals surface area contributed by atoms with Gasteiger partial charge in [0.1, 0.15) is 17.4 Å². The second kappa shape index (κ2) is 3.45. The monoisotopic (exact) mass is 214 g/mol. The van der Waals surface area contributed by atoms with Gasteiger partial charge in [0.25, 0.3) is 0 Å². The molecule has 0 saturated heterocycles. The molecule has 0 atom stereocenters. The molecule has 0 aromatic heterocycles. The van der Waals surface area contributed by atoms with Gasteiger partial charge in [-0.25, -0.2) is 8.78 Å². The number of methoxy groups -OCH3 is 1. The summed E-state index contributed by atoms with van der Waals surface area (Å²) in [7, 11) is 1.36. The van der Waals surface area contributed by atoms with Gasteiger partial charge in [-0.05, 0) is 12.8 Å². The molecule has 0 bridgehead atoms. The van der Waals surface area contributed by atoms with Crippen LogP contribution in [0.4, 0.5) is 8.78 Å². The summed E-state index contributed by atoms with van der Waals surface area (Å²) in [6, 6.07) is 1.94. The van der Waals surface area contributed by atoms with Gasteiger partial charge >= 0.3 is 0 Å². The van der Waals surface area contributed by atoms with E-state index in [1.165, 1.54) is 7.11 Å². The Morgan fingerprint density at radius 2 is 2.07 bits per heavy atom. The van der Waals surface area contributed by atoms with Crippen LogP contribution in [0, 0.1) is 11.6 Å². The number of benzene rings is 1. The highest BCUT2D eigenvalue weighted by molar-refractivity contribution is 5.37. The Labute approximate surface area is 86.5 Å². The molecular weight excluding hydrogens is 202 g/mol. The van der Waals surface area contributed by atoms with Crippen molar-refractivity contribution in [3.05, 3.63) is 29.3 Å². The van der Waals surface area contributed by atoms with Gasteiger partial charge in [-0.3, -0.25) is 0 Å². The second-order valence-corrected chi connectivity index (χ2v) is 3.97. The normalized spacial score (nSPS) is 17.6. The van der Waals surface area contributed by atoms with Gasteiger partial charge in [-0.2, -0.15) is 0 Å². The molecule has 0 aliphatic heterocycles. The summed E-state index contributed by atoms with van der Waals surface area (Å²) in [6.07, 6.45) is 1.50. The number of ether oxygens (including phenoxy) is 1. The molecule has 0 spiro atoms. The highest BCUT2D eigenvalue weighted by Crippen LogP contribution is 2.40. The second-order valence-electron chi connectivity index (χ2n) is 3.97. The summed E-state index contributed by atoms with van der Waals surface area (Å²) in [5.41, 5.74) is -0.565. The standard InChI is InChI=1S/C11H12F2O2/c1-15-10-5-7(12)4-9(13)8(10)6-11(14)2-3-11/h4-5,14H,2-3,6H2,1H3. The van der Waals surface area contributed by atoms with E-state index in [0.717, 1.165) is 12.1 Å². The van der Waals surface area contributed by atoms with Crippen molar-refractivity contribution in [3.63, 3.8) is 0 Å². The molecule has 1 N–H and O–H groups in total. The average molecular weight is 214 g/mol. The van der Waals surface area contributed by atoms with Crippen LogP contribution >= 0.6 is 0 Å². The summed E-state index contributed by atoms with van der Waals surface area (Å²) in [6.45, 7) is 0. The Morgan fingerprint density at radius 1 is 1.40 bits per heavy atom. The summed E-state index contributed by atoms with van der Waals surface area (Å²) in [4.78, 5) is 0. The molecule has 1 aliphatic carbocycles. The van der Waals surface area contributed by atoms with E-state index < -0.39 is 17.2 Å². The highest BCUT2D eigenvalue weighted by atomic mass is 19.1. The van der Waals surface area contributed by atoms with E-state index >= 15 is 0 Å². The molecule has 1 saturated carbocycles. The molecule has 0 unspecified atom stereocenters. The first-order valence-electron chi connectivity index (χ1n) is 4.78. The number of aliphatic hydroxyl groups is 1. The lowest BCUT2D eigenvalue weighted by molar-refractivity contribution is 0.148. The fourth-order valence-corrected chi connectivity index (χ4v) is 1.58. The van der Waals surface area contributed by atoms with Gasteiger partial charge in [0.15, 0.2) is 0 Å². The maximum Gasteiger partial charge on any atom is 0.133 e. The van der Waals surface area contributed by atoms with Crippen LogP contribution in [0.15, 0.2) is 12.1 Å². The van der Waals surface area contributed by atoms with Crippen LogP contribution in [0.1, 0.15) is 18.4 Å². The van der Waals surface area contributed by atoms with Crippen molar-refractivity contribution in [2.75, 3.05) is 7.11 Å². The van der Waals surface area contributed by atoms with Crippen molar-refractivity contribution in [3.8, 4) is 5.75 Å². The third-order valence-corrected chi connectivity index (χ3v) is 2.67. The predicted molar refractivity (Wildman–Crippen MR) is 50.8 cm³/mol. The number of rotatable bonds is 3. The maximum absolute atomic E-state index is 13.4. The van der Waals surface area contributed by atoms with E-state index in [1.807, 2.05) is 0 Å². The summed E-state index contributed by atoms with van der Waals surface area (Å²) in [5.74, 6) is -1.17. The highest BCUT2D eigenvalue weighted by Gasteiger charge is 2.41. The fourth-order valence-electron chi connectivity index (χ4n) is 1.58. The Bertz CT molecular complexity index is 386. The van der Waals surface area contributed by atoms with Crippen molar-refractivity contribution in [2.24, 2.45) is 0 Å². The molecule has 0 radical (unpaired) electrons. The molecule has 0 heterocycles. The van der Waals surface area contributed by atoms with Gasteiger partial charge in [0, 0.05) is 24.1 Å². The van der Waals surface area contributed by atoms with Crippen molar-refractivity contribution < 1.29 is 18.6 Å². The smallest absolute Gasteiger partial charge is 0.133 e. The molecule has 15 heavy (non-hydrogen) atoms. The third kappa shape index (κ3) is 2.09. The summed E-state index contributed by atoms with van der Waals surface area (Å²) < 4.78 is 31.2. The Balaban J connectivity index is 2.35. The maximum atomic E-state index is 13.4. The van der Waals surface area contributed by atoms with Crippen molar-refractivity contribution >= 4 is 0 Å². The lowest BCUT2D eigenvalue weighted by Gasteiger charge is -2.12. The number of hydrogen-bond acceptors (Lipinski definition) is 2. The van der Waals surface area contributed by atoms with E-state index in [-0.39, 0.29) is 17.7 Å². The average Bonchev–Trinajstić information content (AvgIpc) is 2.88. The zero-order valence-corrected chi connectivity index (χ0v) is 8.39. The first kappa shape index (κ1) is 10.4. The van der Waals surface area contributed by atoms with Gasteiger partial charge in [0.05, 0.1) is 12.7 Å². The van der Waals surface area contributed by atoms with Crippen LogP contribution in [0.3, 0.4) is 0 Å². The third-order valence-electron chi connectivity index (χ3n) is 2.67. The van der Waals surface area contributed by atoms with E-state index in [4.69, 9.17) is 4.74 Å². The Morgan fingerprint density at radius 3 is 2.60 bits per heavy atom. The molecule has 82 valence electrons. The molecule has 0 amide bonds. The van der Waals surface area contributed by atoms with Crippen molar-refractivity contribution in [2.45, 2.75) is 24.9 Å². The summed E-state index contributed by atoms with van der Waals surface area (Å²) >= 11 is 0. The van der Waals surface area contributed by atoms with E-state index in [0.29, 0.717) is 12.8 Å². The van der Waals surface area contributed by atoms with Crippen LogP contribution in [-0.2, 0) is 6.42 Å². The molecule has 1 fully saturated rings. The van der Waals surface area contributed by atoms with Crippen molar-refractivity contribution in [1.29, 1.82) is 0 Å². The quantitative estimate of drug-likeness (QED) is 0.834. The zero-order chi connectivity index (χ0) is 11.1. The van der Waals surface area contributed by atoms with Gasteiger partial charge in [-0.1, -0.05) is 0 Å². The minimum Gasteiger partial charge on any atom is -0.496 e. The topological polar surface area (TPSA) is 29.5 Å².